The van der Waals surface area contributed by atoms with Crippen LogP contribution < -0.4 is 10.2 Å². The molecule has 0 unspecified atom stereocenters. The van der Waals surface area contributed by atoms with Crippen molar-refractivity contribution in [2.75, 3.05) is 0 Å². The maximum absolute atomic E-state index is 12.4. The van der Waals surface area contributed by atoms with E-state index >= 15 is 0 Å². The minimum absolute atomic E-state index is 0.159. The van der Waals surface area contributed by atoms with Crippen LogP contribution in [0.1, 0.15) is 37.3 Å². The van der Waals surface area contributed by atoms with E-state index in [1.807, 2.05) is 31.4 Å². The van der Waals surface area contributed by atoms with Gasteiger partial charge in [0.25, 0.3) is 5.91 Å². The summed E-state index contributed by atoms with van der Waals surface area (Å²) in [6.45, 7) is 6.27. The molecule has 1 amide bonds. The first kappa shape index (κ1) is 16.7. The van der Waals surface area contributed by atoms with Crippen molar-refractivity contribution in [2.24, 2.45) is 0 Å². The lowest BCUT2D eigenvalue weighted by Crippen LogP contribution is -2.22. The molecule has 0 aliphatic rings. The van der Waals surface area contributed by atoms with Gasteiger partial charge in [-0.05, 0) is 32.2 Å². The number of hydrogen-bond acceptors (Lipinski definition) is 6. The number of thiazole rings is 1. The Balaban J connectivity index is 1.81. The first-order chi connectivity index (χ1) is 11.5. The quantitative estimate of drug-likeness (QED) is 0.756. The topological polar surface area (TPSA) is 77.1 Å². The lowest BCUT2D eigenvalue weighted by molar-refractivity contribution is 0.0954. The fourth-order valence-corrected chi connectivity index (χ4v) is 3.97. The number of thiophene rings is 1. The van der Waals surface area contributed by atoms with Crippen molar-refractivity contribution in [3.8, 4) is 0 Å². The summed E-state index contributed by atoms with van der Waals surface area (Å²) in [6.07, 6.45) is 0. The van der Waals surface area contributed by atoms with Crippen LogP contribution in [0.25, 0.3) is 0 Å². The second-order valence-electron chi connectivity index (χ2n) is 5.43. The van der Waals surface area contributed by atoms with Crippen LogP contribution in [0.15, 0.2) is 26.8 Å². The van der Waals surface area contributed by atoms with Crippen molar-refractivity contribution < 1.29 is 9.32 Å². The molecule has 0 aliphatic heterocycles. The number of aryl methyl sites for hydroxylation is 2. The molecule has 0 bridgehead atoms. The smallest absolute Gasteiger partial charge is 0.308 e. The molecule has 0 radical (unpaired) electrons. The van der Waals surface area contributed by atoms with Crippen LogP contribution in [0.2, 0.25) is 0 Å². The van der Waals surface area contributed by atoms with Crippen molar-refractivity contribution in [3.05, 3.63) is 59.6 Å². The zero-order valence-electron chi connectivity index (χ0n) is 13.6. The summed E-state index contributed by atoms with van der Waals surface area (Å²) in [7, 11) is 0. The SMILES string of the molecule is Cc1noc(C)c1Cn1c(C)c(C(=O)NCc2cccs2)sc1=O. The molecule has 3 aromatic heterocycles. The van der Waals surface area contributed by atoms with Gasteiger partial charge in [-0.25, -0.2) is 0 Å². The van der Waals surface area contributed by atoms with Gasteiger partial charge in [-0.3, -0.25) is 14.2 Å². The highest BCUT2D eigenvalue weighted by atomic mass is 32.1. The molecule has 1 N–H and O–H groups in total. The number of hydrogen-bond donors (Lipinski definition) is 1. The first-order valence-corrected chi connectivity index (χ1v) is 9.09. The van der Waals surface area contributed by atoms with Gasteiger partial charge in [-0.15, -0.1) is 11.3 Å². The van der Waals surface area contributed by atoms with Gasteiger partial charge < -0.3 is 9.84 Å². The standard InChI is InChI=1S/C16H17N3O3S2/c1-9-13(11(3)22-18-9)8-19-10(2)14(24-16(19)21)15(20)17-7-12-5-4-6-23-12/h4-6H,7-8H2,1-3H3,(H,17,20). The summed E-state index contributed by atoms with van der Waals surface area (Å²) >= 11 is 2.55. The van der Waals surface area contributed by atoms with E-state index in [1.165, 1.54) is 0 Å². The van der Waals surface area contributed by atoms with Crippen molar-refractivity contribution >= 4 is 28.6 Å². The van der Waals surface area contributed by atoms with Crippen molar-refractivity contribution in [1.82, 2.24) is 15.0 Å². The van der Waals surface area contributed by atoms with E-state index in [2.05, 4.69) is 10.5 Å². The van der Waals surface area contributed by atoms with E-state index in [-0.39, 0.29) is 10.8 Å². The molecule has 126 valence electrons. The summed E-state index contributed by atoms with van der Waals surface area (Å²) in [5.74, 6) is 0.467. The Morgan fingerprint density at radius 2 is 2.17 bits per heavy atom. The maximum Gasteiger partial charge on any atom is 0.308 e. The predicted molar refractivity (Wildman–Crippen MR) is 93.9 cm³/mol. The fraction of sp³-hybridized carbons (Fsp3) is 0.312. The molecule has 0 aliphatic carbocycles. The molecule has 3 rings (SSSR count). The normalized spacial score (nSPS) is 11.0. The van der Waals surface area contributed by atoms with E-state index in [9.17, 15) is 9.59 Å². The van der Waals surface area contributed by atoms with Crippen molar-refractivity contribution in [1.29, 1.82) is 0 Å². The lowest BCUT2D eigenvalue weighted by Gasteiger charge is -2.06. The highest BCUT2D eigenvalue weighted by Gasteiger charge is 2.19. The molecule has 6 nitrogen and oxygen atoms in total. The van der Waals surface area contributed by atoms with Crippen LogP contribution in [0.4, 0.5) is 0 Å². The van der Waals surface area contributed by atoms with Gasteiger partial charge in [0.2, 0.25) is 0 Å². The lowest BCUT2D eigenvalue weighted by atomic mass is 10.2. The van der Waals surface area contributed by atoms with Gasteiger partial charge in [0, 0.05) is 16.1 Å². The number of aromatic nitrogens is 2. The van der Waals surface area contributed by atoms with E-state index in [0.717, 1.165) is 27.5 Å². The molecule has 0 aromatic carbocycles. The fourth-order valence-electron chi connectivity index (χ4n) is 2.42. The van der Waals surface area contributed by atoms with Crippen LogP contribution in [0, 0.1) is 20.8 Å². The van der Waals surface area contributed by atoms with E-state index in [4.69, 9.17) is 4.52 Å². The van der Waals surface area contributed by atoms with E-state index in [0.29, 0.717) is 29.4 Å². The Morgan fingerprint density at radius 1 is 1.38 bits per heavy atom. The molecule has 24 heavy (non-hydrogen) atoms. The monoisotopic (exact) mass is 363 g/mol. The third-order valence-corrected chi connectivity index (χ3v) is 5.81. The molecule has 0 saturated heterocycles. The number of nitrogens with one attached hydrogen (secondary N) is 1. The van der Waals surface area contributed by atoms with Crippen molar-refractivity contribution in [3.63, 3.8) is 0 Å². The summed E-state index contributed by atoms with van der Waals surface area (Å²) in [6, 6.07) is 3.90. The average Bonchev–Trinajstić information content (AvgIpc) is 3.24. The number of carbonyl (C=O) groups excluding carboxylic acids is 1. The Kier molecular flexibility index (Phi) is 4.68. The number of rotatable bonds is 5. The highest BCUT2D eigenvalue weighted by Crippen LogP contribution is 2.18. The molecule has 3 heterocycles. The number of nitrogens with zero attached hydrogens (tertiary/aromatic N) is 2. The van der Waals surface area contributed by atoms with Gasteiger partial charge in [0.05, 0.1) is 18.8 Å². The van der Waals surface area contributed by atoms with E-state index in [1.54, 1.807) is 22.8 Å². The number of amides is 1. The van der Waals surface area contributed by atoms with E-state index < -0.39 is 0 Å². The summed E-state index contributed by atoms with van der Waals surface area (Å²) in [5.41, 5.74) is 2.30. The van der Waals surface area contributed by atoms with Gasteiger partial charge >= 0.3 is 4.87 Å². The highest BCUT2D eigenvalue weighted by molar-refractivity contribution is 7.11. The Bertz CT molecular complexity index is 900. The number of carbonyl (C=O) groups is 1. The molecule has 0 spiro atoms. The molecule has 8 heteroatoms. The molecule has 0 fully saturated rings. The van der Waals surface area contributed by atoms with Crippen LogP contribution in [-0.2, 0) is 13.1 Å². The van der Waals surface area contributed by atoms with Gasteiger partial charge in [0.1, 0.15) is 10.6 Å². The molecular weight excluding hydrogens is 346 g/mol. The maximum atomic E-state index is 12.4. The van der Waals surface area contributed by atoms with Gasteiger partial charge in [-0.1, -0.05) is 22.6 Å². The minimum atomic E-state index is -0.222. The Labute approximate surface area is 146 Å². The third kappa shape index (κ3) is 3.20. The molecule has 0 atom stereocenters. The average molecular weight is 363 g/mol. The summed E-state index contributed by atoms with van der Waals surface area (Å²) < 4.78 is 6.74. The zero-order chi connectivity index (χ0) is 17.3. The second-order valence-corrected chi connectivity index (χ2v) is 7.43. The molecule has 0 saturated carbocycles. The molecular formula is C16H17N3O3S2. The summed E-state index contributed by atoms with van der Waals surface area (Å²) in [4.78, 5) is 26.0. The van der Waals surface area contributed by atoms with Crippen LogP contribution in [0.5, 0.6) is 0 Å². The van der Waals surface area contributed by atoms with Crippen molar-refractivity contribution in [2.45, 2.75) is 33.9 Å². The summed E-state index contributed by atoms with van der Waals surface area (Å²) in [5, 5.41) is 8.73. The third-order valence-electron chi connectivity index (χ3n) is 3.85. The van der Waals surface area contributed by atoms with Crippen LogP contribution in [-0.4, -0.2) is 15.6 Å². The minimum Gasteiger partial charge on any atom is -0.361 e. The van der Waals surface area contributed by atoms with Crippen LogP contribution >= 0.6 is 22.7 Å². The molecule has 3 aromatic rings. The first-order valence-electron chi connectivity index (χ1n) is 7.40. The van der Waals surface area contributed by atoms with Gasteiger partial charge in [-0.2, -0.15) is 0 Å². The largest absolute Gasteiger partial charge is 0.361 e. The predicted octanol–water partition coefficient (Wildman–Crippen LogP) is 2.86. The zero-order valence-corrected chi connectivity index (χ0v) is 15.2. The van der Waals surface area contributed by atoms with Gasteiger partial charge in [0.15, 0.2) is 0 Å². The van der Waals surface area contributed by atoms with Crippen LogP contribution in [0.3, 0.4) is 0 Å². The Morgan fingerprint density at radius 3 is 2.79 bits per heavy atom. The second kappa shape index (κ2) is 6.74. The Hall–Kier alpha value is -2.19.